The van der Waals surface area contributed by atoms with E-state index >= 15 is 0 Å². The molecule has 1 spiro atoms. The molecule has 0 radical (unpaired) electrons. The molecule has 0 N–H and O–H groups in total. The molecule has 1 aromatic heterocycles. The van der Waals surface area contributed by atoms with E-state index in [2.05, 4.69) is 5.16 Å². The topological polar surface area (TPSA) is 93.0 Å². The molecule has 0 aliphatic carbocycles. The maximum atomic E-state index is 12.3. The Kier molecular flexibility index (Phi) is 4.43. The third-order valence-electron chi connectivity index (χ3n) is 4.63. The molecule has 0 atom stereocenters. The van der Waals surface area contributed by atoms with Gasteiger partial charge in [-0.3, -0.25) is 4.79 Å². The van der Waals surface area contributed by atoms with E-state index in [1.165, 1.54) is 16.8 Å². The van der Waals surface area contributed by atoms with Crippen molar-refractivity contribution in [2.24, 2.45) is 5.41 Å². The summed E-state index contributed by atoms with van der Waals surface area (Å²) in [5.74, 6) is 0.0580. The maximum Gasteiger partial charge on any atom is 0.292 e. The Morgan fingerprint density at radius 3 is 2.65 bits per heavy atom. The van der Waals surface area contributed by atoms with E-state index in [1.807, 2.05) is 0 Å². The first-order valence-electron chi connectivity index (χ1n) is 7.63. The van der Waals surface area contributed by atoms with Crippen LogP contribution in [-0.4, -0.2) is 74.3 Å². The van der Waals surface area contributed by atoms with Gasteiger partial charge in [-0.2, -0.15) is 4.31 Å². The standard InChI is InChI=1S/C14H21N3O5S/c1-23(19,20)17-8-9-21-11-14(10-17)3-6-16(7-4-14)13(18)12-2-5-15-22-12/h2,5H,3-4,6-11H2,1H3. The summed E-state index contributed by atoms with van der Waals surface area (Å²) < 4.78 is 35.8. The summed E-state index contributed by atoms with van der Waals surface area (Å²) in [6.45, 7) is 2.90. The summed E-state index contributed by atoms with van der Waals surface area (Å²) in [6.07, 6.45) is 4.09. The van der Waals surface area contributed by atoms with Gasteiger partial charge >= 0.3 is 0 Å². The number of piperidine rings is 1. The highest BCUT2D eigenvalue weighted by atomic mass is 32.2. The van der Waals surface area contributed by atoms with E-state index in [0.717, 1.165) is 0 Å². The molecule has 1 aromatic rings. The zero-order chi connectivity index (χ0) is 16.5. The minimum atomic E-state index is -3.24. The number of amides is 1. The third-order valence-corrected chi connectivity index (χ3v) is 5.88. The zero-order valence-corrected chi connectivity index (χ0v) is 13.9. The number of carbonyl (C=O) groups is 1. The fraction of sp³-hybridized carbons (Fsp3) is 0.714. The predicted octanol–water partition coefficient (Wildman–Crippen LogP) is 0.189. The van der Waals surface area contributed by atoms with Crippen LogP contribution in [0.3, 0.4) is 0 Å². The molecule has 128 valence electrons. The van der Waals surface area contributed by atoms with Gasteiger partial charge in [-0.1, -0.05) is 5.16 Å². The lowest BCUT2D eigenvalue weighted by atomic mass is 9.79. The van der Waals surface area contributed by atoms with Crippen molar-refractivity contribution in [1.29, 1.82) is 0 Å². The van der Waals surface area contributed by atoms with Crippen molar-refractivity contribution in [2.45, 2.75) is 12.8 Å². The molecule has 0 saturated carbocycles. The Hall–Kier alpha value is -1.45. The molecular formula is C14H21N3O5S. The molecular weight excluding hydrogens is 322 g/mol. The van der Waals surface area contributed by atoms with Gasteiger partial charge in [0.2, 0.25) is 15.8 Å². The van der Waals surface area contributed by atoms with E-state index in [-0.39, 0.29) is 17.1 Å². The Labute approximate surface area is 135 Å². The minimum Gasteiger partial charge on any atom is -0.379 e. The molecule has 9 heteroatoms. The molecule has 3 heterocycles. The van der Waals surface area contributed by atoms with Crippen LogP contribution in [0.5, 0.6) is 0 Å². The summed E-state index contributed by atoms with van der Waals surface area (Å²) >= 11 is 0. The Morgan fingerprint density at radius 2 is 2.04 bits per heavy atom. The van der Waals surface area contributed by atoms with E-state index in [0.29, 0.717) is 52.2 Å². The van der Waals surface area contributed by atoms with Crippen LogP contribution in [0, 0.1) is 5.41 Å². The highest BCUT2D eigenvalue weighted by Crippen LogP contribution is 2.35. The number of likely N-dealkylation sites (tertiary alicyclic amines) is 1. The van der Waals surface area contributed by atoms with Gasteiger partial charge in [0.1, 0.15) is 0 Å². The summed E-state index contributed by atoms with van der Waals surface area (Å²) in [4.78, 5) is 14.0. The highest BCUT2D eigenvalue weighted by Gasteiger charge is 2.41. The Bertz CT molecular complexity index is 650. The van der Waals surface area contributed by atoms with Crippen molar-refractivity contribution in [3.8, 4) is 0 Å². The van der Waals surface area contributed by atoms with Gasteiger partial charge in [0.15, 0.2) is 0 Å². The molecule has 3 rings (SSSR count). The van der Waals surface area contributed by atoms with Crippen molar-refractivity contribution in [3.05, 3.63) is 18.0 Å². The largest absolute Gasteiger partial charge is 0.379 e. The number of carbonyl (C=O) groups excluding carboxylic acids is 1. The number of sulfonamides is 1. The van der Waals surface area contributed by atoms with Crippen LogP contribution in [0.4, 0.5) is 0 Å². The van der Waals surface area contributed by atoms with Crippen LogP contribution < -0.4 is 0 Å². The van der Waals surface area contributed by atoms with Gasteiger partial charge in [0, 0.05) is 37.7 Å². The SMILES string of the molecule is CS(=O)(=O)N1CCOCC2(CCN(C(=O)c3ccno3)CC2)C1. The fourth-order valence-corrected chi connectivity index (χ4v) is 4.12. The van der Waals surface area contributed by atoms with Gasteiger partial charge in [-0.15, -0.1) is 0 Å². The summed E-state index contributed by atoms with van der Waals surface area (Å²) in [5.41, 5.74) is -0.224. The van der Waals surface area contributed by atoms with Crippen molar-refractivity contribution >= 4 is 15.9 Å². The van der Waals surface area contributed by atoms with Crippen molar-refractivity contribution < 1.29 is 22.5 Å². The van der Waals surface area contributed by atoms with E-state index in [9.17, 15) is 13.2 Å². The molecule has 0 bridgehead atoms. The molecule has 2 aliphatic heterocycles. The first-order valence-corrected chi connectivity index (χ1v) is 9.47. The summed E-state index contributed by atoms with van der Waals surface area (Å²) in [6, 6.07) is 1.55. The second-order valence-electron chi connectivity index (χ2n) is 6.32. The molecule has 2 aliphatic rings. The van der Waals surface area contributed by atoms with Crippen LogP contribution in [0.2, 0.25) is 0 Å². The van der Waals surface area contributed by atoms with Crippen molar-refractivity contribution in [1.82, 2.24) is 14.4 Å². The number of rotatable bonds is 2. The number of hydrogen-bond donors (Lipinski definition) is 0. The predicted molar refractivity (Wildman–Crippen MR) is 81.3 cm³/mol. The molecule has 0 aromatic carbocycles. The molecule has 1 amide bonds. The minimum absolute atomic E-state index is 0.174. The average Bonchev–Trinajstić information content (AvgIpc) is 2.96. The van der Waals surface area contributed by atoms with Crippen LogP contribution in [0.1, 0.15) is 23.4 Å². The lowest BCUT2D eigenvalue weighted by Crippen LogP contribution is -2.49. The first kappa shape index (κ1) is 16.4. The molecule has 0 unspecified atom stereocenters. The van der Waals surface area contributed by atoms with Crippen LogP contribution in [0.15, 0.2) is 16.8 Å². The van der Waals surface area contributed by atoms with E-state index in [1.54, 1.807) is 11.0 Å². The lowest BCUT2D eigenvalue weighted by molar-refractivity contribution is 0.0165. The average molecular weight is 343 g/mol. The number of nitrogens with zero attached hydrogens (tertiary/aromatic N) is 3. The summed E-state index contributed by atoms with van der Waals surface area (Å²) in [7, 11) is -3.24. The smallest absolute Gasteiger partial charge is 0.292 e. The van der Waals surface area contributed by atoms with Gasteiger partial charge in [0.25, 0.3) is 5.91 Å². The highest BCUT2D eigenvalue weighted by molar-refractivity contribution is 7.88. The van der Waals surface area contributed by atoms with E-state index in [4.69, 9.17) is 9.26 Å². The van der Waals surface area contributed by atoms with Gasteiger partial charge in [-0.05, 0) is 12.8 Å². The quantitative estimate of drug-likeness (QED) is 0.761. The van der Waals surface area contributed by atoms with Crippen LogP contribution in [-0.2, 0) is 14.8 Å². The third kappa shape index (κ3) is 3.56. The molecule has 8 nitrogen and oxygen atoms in total. The normalized spacial score (nSPS) is 22.9. The number of hydrogen-bond acceptors (Lipinski definition) is 6. The number of aromatic nitrogens is 1. The zero-order valence-electron chi connectivity index (χ0n) is 13.1. The molecule has 23 heavy (non-hydrogen) atoms. The van der Waals surface area contributed by atoms with Gasteiger partial charge < -0.3 is 14.2 Å². The second kappa shape index (κ2) is 6.21. The first-order chi connectivity index (χ1) is 10.9. The van der Waals surface area contributed by atoms with Crippen LogP contribution >= 0.6 is 0 Å². The lowest BCUT2D eigenvalue weighted by Gasteiger charge is -2.41. The van der Waals surface area contributed by atoms with Gasteiger partial charge in [-0.25, -0.2) is 8.42 Å². The van der Waals surface area contributed by atoms with Crippen molar-refractivity contribution in [2.75, 3.05) is 45.6 Å². The Morgan fingerprint density at radius 1 is 1.30 bits per heavy atom. The monoisotopic (exact) mass is 343 g/mol. The molecule has 2 fully saturated rings. The molecule has 2 saturated heterocycles. The van der Waals surface area contributed by atoms with Gasteiger partial charge in [0.05, 0.1) is 25.7 Å². The maximum absolute atomic E-state index is 12.3. The summed E-state index contributed by atoms with van der Waals surface area (Å²) in [5, 5.41) is 3.55. The number of ether oxygens (including phenoxy) is 1. The van der Waals surface area contributed by atoms with Crippen LogP contribution in [0.25, 0.3) is 0 Å². The van der Waals surface area contributed by atoms with Crippen molar-refractivity contribution in [3.63, 3.8) is 0 Å². The fourth-order valence-electron chi connectivity index (χ4n) is 3.21. The second-order valence-corrected chi connectivity index (χ2v) is 8.30. The van der Waals surface area contributed by atoms with E-state index < -0.39 is 10.0 Å². The Balaban J connectivity index is 1.68.